The minimum atomic E-state index is -4.40. The van der Waals surface area contributed by atoms with E-state index in [1.165, 1.54) is 6.07 Å². The SMILES string of the molecule is CC(C)CCNCc1ccc(Cl)c(C(F)(F)F)c1. The average Bonchev–Trinajstić information content (AvgIpc) is 2.24. The molecule has 1 N–H and O–H groups in total. The molecule has 0 aromatic heterocycles. The van der Waals surface area contributed by atoms with Crippen LogP contribution in [0.2, 0.25) is 5.02 Å². The van der Waals surface area contributed by atoms with Gasteiger partial charge in [-0.15, -0.1) is 0 Å². The first-order chi connectivity index (χ1) is 8.30. The normalized spacial score (nSPS) is 12.2. The van der Waals surface area contributed by atoms with Crippen LogP contribution in [0.15, 0.2) is 18.2 Å². The summed E-state index contributed by atoms with van der Waals surface area (Å²) in [5, 5.41) is 2.86. The van der Waals surface area contributed by atoms with Gasteiger partial charge >= 0.3 is 6.18 Å². The third-order valence-corrected chi connectivity index (χ3v) is 2.89. The second-order valence-electron chi connectivity index (χ2n) is 4.67. The lowest BCUT2D eigenvalue weighted by Gasteiger charge is -2.12. The molecule has 102 valence electrons. The van der Waals surface area contributed by atoms with Crippen LogP contribution in [0.25, 0.3) is 0 Å². The molecule has 0 aliphatic heterocycles. The molecule has 0 saturated carbocycles. The van der Waals surface area contributed by atoms with Gasteiger partial charge < -0.3 is 5.32 Å². The molecule has 0 bridgehead atoms. The van der Waals surface area contributed by atoms with Crippen molar-refractivity contribution < 1.29 is 13.2 Å². The van der Waals surface area contributed by atoms with Crippen LogP contribution in [0.1, 0.15) is 31.4 Å². The number of alkyl halides is 3. The number of nitrogens with one attached hydrogen (secondary N) is 1. The van der Waals surface area contributed by atoms with Gasteiger partial charge in [-0.1, -0.05) is 31.5 Å². The van der Waals surface area contributed by atoms with E-state index in [-0.39, 0.29) is 5.02 Å². The molecule has 18 heavy (non-hydrogen) atoms. The Morgan fingerprint density at radius 3 is 2.50 bits per heavy atom. The number of halogens is 4. The first-order valence-electron chi connectivity index (χ1n) is 5.87. The van der Waals surface area contributed by atoms with Crippen LogP contribution in [0.5, 0.6) is 0 Å². The molecule has 0 radical (unpaired) electrons. The lowest BCUT2D eigenvalue weighted by molar-refractivity contribution is -0.137. The highest BCUT2D eigenvalue weighted by molar-refractivity contribution is 6.31. The van der Waals surface area contributed by atoms with Crippen molar-refractivity contribution in [2.45, 2.75) is 33.0 Å². The molecule has 0 fully saturated rings. The van der Waals surface area contributed by atoms with Crippen LogP contribution in [-0.2, 0) is 12.7 Å². The molecular formula is C13H17ClF3N. The third kappa shape index (κ3) is 4.86. The Labute approximate surface area is 110 Å². The lowest BCUT2D eigenvalue weighted by Crippen LogP contribution is -2.17. The summed E-state index contributed by atoms with van der Waals surface area (Å²) in [4.78, 5) is 0. The van der Waals surface area contributed by atoms with Crippen molar-refractivity contribution in [1.82, 2.24) is 5.32 Å². The van der Waals surface area contributed by atoms with E-state index in [1.54, 1.807) is 6.07 Å². The highest BCUT2D eigenvalue weighted by Crippen LogP contribution is 2.35. The molecule has 0 spiro atoms. The highest BCUT2D eigenvalue weighted by atomic mass is 35.5. The molecule has 0 saturated heterocycles. The van der Waals surface area contributed by atoms with Crippen molar-refractivity contribution in [2.24, 2.45) is 5.92 Å². The molecule has 0 aliphatic rings. The summed E-state index contributed by atoms with van der Waals surface area (Å²) in [6.45, 7) is 5.42. The van der Waals surface area contributed by atoms with E-state index in [0.29, 0.717) is 18.0 Å². The van der Waals surface area contributed by atoms with E-state index in [2.05, 4.69) is 19.2 Å². The molecule has 1 aromatic carbocycles. The standard InChI is InChI=1S/C13H17ClF3N/c1-9(2)5-6-18-8-10-3-4-12(14)11(7-10)13(15,16)17/h3-4,7,9,18H,5-6,8H2,1-2H3. The van der Waals surface area contributed by atoms with Crippen LogP contribution < -0.4 is 5.32 Å². The van der Waals surface area contributed by atoms with Gasteiger partial charge in [-0.3, -0.25) is 0 Å². The topological polar surface area (TPSA) is 12.0 Å². The van der Waals surface area contributed by atoms with Crippen molar-refractivity contribution >= 4 is 11.6 Å². The highest BCUT2D eigenvalue weighted by Gasteiger charge is 2.33. The Kier molecular flexibility index (Phi) is 5.47. The van der Waals surface area contributed by atoms with Gasteiger partial charge in [-0.2, -0.15) is 13.2 Å². The van der Waals surface area contributed by atoms with Crippen molar-refractivity contribution in [2.75, 3.05) is 6.54 Å². The minimum absolute atomic E-state index is 0.256. The number of benzene rings is 1. The van der Waals surface area contributed by atoms with Crippen molar-refractivity contribution in [1.29, 1.82) is 0 Å². The summed E-state index contributed by atoms with van der Waals surface area (Å²) >= 11 is 5.54. The van der Waals surface area contributed by atoms with Gasteiger partial charge in [0.05, 0.1) is 10.6 Å². The second kappa shape index (κ2) is 6.43. The number of hydrogen-bond donors (Lipinski definition) is 1. The summed E-state index contributed by atoms with van der Waals surface area (Å²) in [6.07, 6.45) is -3.40. The van der Waals surface area contributed by atoms with Crippen LogP contribution in [0.3, 0.4) is 0 Å². The van der Waals surface area contributed by atoms with E-state index in [0.717, 1.165) is 19.0 Å². The van der Waals surface area contributed by atoms with Crippen molar-refractivity contribution in [3.8, 4) is 0 Å². The Morgan fingerprint density at radius 1 is 1.28 bits per heavy atom. The second-order valence-corrected chi connectivity index (χ2v) is 5.08. The molecule has 0 unspecified atom stereocenters. The molecule has 0 aliphatic carbocycles. The minimum Gasteiger partial charge on any atom is -0.313 e. The monoisotopic (exact) mass is 279 g/mol. The zero-order valence-corrected chi connectivity index (χ0v) is 11.2. The van der Waals surface area contributed by atoms with Gasteiger partial charge in [0.1, 0.15) is 0 Å². The van der Waals surface area contributed by atoms with E-state index in [9.17, 15) is 13.2 Å². The third-order valence-electron chi connectivity index (χ3n) is 2.56. The molecule has 0 atom stereocenters. The number of hydrogen-bond acceptors (Lipinski definition) is 1. The van der Waals surface area contributed by atoms with Gasteiger partial charge in [0.25, 0.3) is 0 Å². The summed E-state index contributed by atoms with van der Waals surface area (Å²) in [7, 11) is 0. The molecule has 1 rings (SSSR count). The molecule has 1 aromatic rings. The quantitative estimate of drug-likeness (QED) is 0.783. The predicted molar refractivity (Wildman–Crippen MR) is 67.6 cm³/mol. The Morgan fingerprint density at radius 2 is 1.94 bits per heavy atom. The van der Waals surface area contributed by atoms with Crippen LogP contribution in [-0.4, -0.2) is 6.54 Å². The van der Waals surface area contributed by atoms with E-state index in [1.807, 2.05) is 0 Å². The van der Waals surface area contributed by atoms with Crippen LogP contribution >= 0.6 is 11.6 Å². The van der Waals surface area contributed by atoms with Crippen LogP contribution in [0, 0.1) is 5.92 Å². The Bertz CT molecular complexity index is 388. The van der Waals surface area contributed by atoms with E-state index in [4.69, 9.17) is 11.6 Å². The molecule has 1 nitrogen and oxygen atoms in total. The Balaban J connectivity index is 2.63. The average molecular weight is 280 g/mol. The fourth-order valence-electron chi connectivity index (χ4n) is 1.52. The van der Waals surface area contributed by atoms with Gasteiger partial charge in [0, 0.05) is 6.54 Å². The summed E-state index contributed by atoms with van der Waals surface area (Å²) in [5.74, 6) is 0.577. The molecule has 0 heterocycles. The maximum absolute atomic E-state index is 12.6. The van der Waals surface area contributed by atoms with Gasteiger partial charge in [0.15, 0.2) is 0 Å². The summed E-state index contributed by atoms with van der Waals surface area (Å²) in [6, 6.07) is 4.01. The fourth-order valence-corrected chi connectivity index (χ4v) is 1.75. The maximum atomic E-state index is 12.6. The first kappa shape index (κ1) is 15.3. The summed E-state index contributed by atoms with van der Waals surface area (Å²) in [5.41, 5.74) is -0.178. The van der Waals surface area contributed by atoms with Gasteiger partial charge in [-0.25, -0.2) is 0 Å². The van der Waals surface area contributed by atoms with Crippen LogP contribution in [0.4, 0.5) is 13.2 Å². The molecule has 5 heteroatoms. The molecule has 0 amide bonds. The largest absolute Gasteiger partial charge is 0.417 e. The van der Waals surface area contributed by atoms with Crippen molar-refractivity contribution in [3.63, 3.8) is 0 Å². The van der Waals surface area contributed by atoms with Gasteiger partial charge in [0.2, 0.25) is 0 Å². The summed E-state index contributed by atoms with van der Waals surface area (Å²) < 4.78 is 37.9. The zero-order valence-electron chi connectivity index (χ0n) is 10.4. The van der Waals surface area contributed by atoms with Gasteiger partial charge in [-0.05, 0) is 36.6 Å². The fraction of sp³-hybridized carbons (Fsp3) is 0.538. The predicted octanol–water partition coefficient (Wildman–Crippen LogP) is 4.49. The molecular weight excluding hydrogens is 263 g/mol. The number of rotatable bonds is 5. The lowest BCUT2D eigenvalue weighted by atomic mass is 10.1. The van der Waals surface area contributed by atoms with E-state index >= 15 is 0 Å². The smallest absolute Gasteiger partial charge is 0.313 e. The first-order valence-corrected chi connectivity index (χ1v) is 6.25. The van der Waals surface area contributed by atoms with Crippen molar-refractivity contribution in [3.05, 3.63) is 34.3 Å². The zero-order chi connectivity index (χ0) is 13.8. The Hall–Kier alpha value is -0.740. The maximum Gasteiger partial charge on any atom is 0.417 e. The van der Waals surface area contributed by atoms with E-state index < -0.39 is 11.7 Å².